The van der Waals surface area contributed by atoms with Gasteiger partial charge in [-0.1, -0.05) is 0 Å². The van der Waals surface area contributed by atoms with Gasteiger partial charge in [0, 0.05) is 19.1 Å². The van der Waals surface area contributed by atoms with Crippen LogP contribution in [0.1, 0.15) is 6.42 Å². The number of aromatic nitrogens is 4. The molecule has 18 heavy (non-hydrogen) atoms. The van der Waals surface area contributed by atoms with Crippen LogP contribution in [0.2, 0.25) is 0 Å². The van der Waals surface area contributed by atoms with Crippen LogP contribution in [0.25, 0.3) is 11.5 Å². The number of hydrogen-bond donors (Lipinski definition) is 2. The molecule has 1 atom stereocenters. The van der Waals surface area contributed by atoms with Crippen LogP contribution >= 0.6 is 0 Å². The van der Waals surface area contributed by atoms with E-state index in [0.29, 0.717) is 17.5 Å². The topological polar surface area (TPSA) is 83.7 Å². The normalized spacial score (nSPS) is 19.4. The largest absolute Gasteiger partial charge is 0.338 e. The smallest absolute Gasteiger partial charge is 0.245 e. The van der Waals surface area contributed by atoms with E-state index < -0.39 is 0 Å². The lowest BCUT2D eigenvalue weighted by atomic mass is 10.3. The van der Waals surface area contributed by atoms with Crippen molar-refractivity contribution < 1.29 is 4.39 Å². The highest BCUT2D eigenvalue weighted by Gasteiger charge is 2.22. The monoisotopic (exact) mass is 248 g/mol. The van der Waals surface area contributed by atoms with Crippen molar-refractivity contribution in [3.05, 3.63) is 24.1 Å². The molecule has 94 valence electrons. The van der Waals surface area contributed by atoms with Gasteiger partial charge in [0.2, 0.25) is 5.95 Å². The second-order valence-electron chi connectivity index (χ2n) is 4.34. The zero-order chi connectivity index (χ0) is 12.5. The Morgan fingerprint density at radius 1 is 1.44 bits per heavy atom. The molecule has 0 amide bonds. The van der Waals surface area contributed by atoms with E-state index in [0.717, 1.165) is 25.7 Å². The second kappa shape index (κ2) is 4.34. The minimum absolute atomic E-state index is 0.177. The van der Waals surface area contributed by atoms with Gasteiger partial charge in [-0.05, 0) is 18.6 Å². The van der Waals surface area contributed by atoms with Gasteiger partial charge < -0.3 is 10.6 Å². The summed E-state index contributed by atoms with van der Waals surface area (Å²) >= 11 is 0. The van der Waals surface area contributed by atoms with Crippen LogP contribution in [0.4, 0.5) is 10.3 Å². The molecule has 6 nitrogen and oxygen atoms in total. The lowest BCUT2D eigenvalue weighted by Crippen LogP contribution is -2.26. The number of rotatable bonds is 2. The molecule has 0 spiro atoms. The Hall–Kier alpha value is -2.02. The number of hydrogen-bond acceptors (Lipinski definition) is 5. The Labute approximate surface area is 103 Å². The highest BCUT2D eigenvalue weighted by Crippen LogP contribution is 2.18. The zero-order valence-corrected chi connectivity index (χ0v) is 9.67. The molecule has 0 radical (unpaired) electrons. The fourth-order valence-corrected chi connectivity index (χ4v) is 1.99. The molecule has 0 saturated carbocycles. The minimum Gasteiger partial charge on any atom is -0.338 e. The number of nitrogens with two attached hydrogens (primary N) is 1. The number of aromatic amines is 1. The standard InChI is InChI=1S/C11H13FN6/c12-7-1-2-9(14-5-7)10-15-11(17-16-10)18-4-3-8(13)6-18/h1-2,5,8H,3-4,6,13H2,(H,15,16,17). The van der Waals surface area contributed by atoms with Gasteiger partial charge in [-0.25, -0.2) is 9.37 Å². The first kappa shape index (κ1) is 11.1. The van der Waals surface area contributed by atoms with E-state index >= 15 is 0 Å². The molecule has 3 rings (SSSR count). The van der Waals surface area contributed by atoms with Crippen LogP contribution in [0.3, 0.4) is 0 Å². The molecule has 1 saturated heterocycles. The average molecular weight is 248 g/mol. The quantitative estimate of drug-likeness (QED) is 0.810. The van der Waals surface area contributed by atoms with Crippen molar-refractivity contribution in [2.24, 2.45) is 5.73 Å². The summed E-state index contributed by atoms with van der Waals surface area (Å²) in [6.45, 7) is 1.61. The summed E-state index contributed by atoms with van der Waals surface area (Å²) in [6, 6.07) is 3.09. The maximum Gasteiger partial charge on any atom is 0.245 e. The predicted octanol–water partition coefficient (Wildman–Crippen LogP) is 0.543. The SMILES string of the molecule is NC1CCN(c2n[nH]c(-c3ccc(F)cn3)n2)C1. The molecular formula is C11H13FN6. The highest BCUT2D eigenvalue weighted by atomic mass is 19.1. The molecule has 0 aromatic carbocycles. The van der Waals surface area contributed by atoms with Gasteiger partial charge in [0.05, 0.1) is 6.20 Å². The summed E-state index contributed by atoms with van der Waals surface area (Å²) in [5, 5.41) is 6.94. The van der Waals surface area contributed by atoms with Crippen molar-refractivity contribution in [2.45, 2.75) is 12.5 Å². The van der Waals surface area contributed by atoms with Crippen LogP contribution < -0.4 is 10.6 Å². The van der Waals surface area contributed by atoms with E-state index in [4.69, 9.17) is 5.73 Å². The summed E-state index contributed by atoms with van der Waals surface area (Å²) in [5.74, 6) is 0.776. The van der Waals surface area contributed by atoms with Crippen LogP contribution in [-0.4, -0.2) is 39.3 Å². The second-order valence-corrected chi connectivity index (χ2v) is 4.34. The molecule has 0 bridgehead atoms. The van der Waals surface area contributed by atoms with Gasteiger partial charge in [0.15, 0.2) is 5.82 Å². The molecule has 1 aliphatic heterocycles. The zero-order valence-electron chi connectivity index (χ0n) is 9.67. The molecule has 2 aromatic heterocycles. The van der Waals surface area contributed by atoms with Crippen molar-refractivity contribution in [3.8, 4) is 11.5 Å². The first-order valence-corrected chi connectivity index (χ1v) is 5.77. The molecular weight excluding hydrogens is 235 g/mol. The van der Waals surface area contributed by atoms with Gasteiger partial charge in [0.1, 0.15) is 11.5 Å². The van der Waals surface area contributed by atoms with Gasteiger partial charge >= 0.3 is 0 Å². The van der Waals surface area contributed by atoms with Crippen molar-refractivity contribution in [3.63, 3.8) is 0 Å². The number of H-pyrrole nitrogens is 1. The summed E-state index contributed by atoms with van der Waals surface area (Å²) < 4.78 is 12.8. The van der Waals surface area contributed by atoms with E-state index in [9.17, 15) is 4.39 Å². The Morgan fingerprint density at radius 3 is 3.00 bits per heavy atom. The van der Waals surface area contributed by atoms with Gasteiger partial charge in [-0.3, -0.25) is 5.10 Å². The van der Waals surface area contributed by atoms with E-state index in [1.54, 1.807) is 6.07 Å². The fourth-order valence-electron chi connectivity index (χ4n) is 1.99. The molecule has 1 fully saturated rings. The molecule has 2 aromatic rings. The maximum atomic E-state index is 12.8. The molecule has 1 aliphatic rings. The van der Waals surface area contributed by atoms with Crippen molar-refractivity contribution in [1.82, 2.24) is 20.2 Å². The Bertz CT molecular complexity index is 537. The number of halogens is 1. The van der Waals surface area contributed by atoms with Gasteiger partial charge in [-0.2, -0.15) is 4.98 Å². The Balaban J connectivity index is 1.83. The number of nitrogens with one attached hydrogen (secondary N) is 1. The summed E-state index contributed by atoms with van der Waals surface area (Å²) in [6.07, 6.45) is 2.10. The van der Waals surface area contributed by atoms with Gasteiger partial charge in [-0.15, -0.1) is 5.10 Å². The summed E-state index contributed by atoms with van der Waals surface area (Å²) in [7, 11) is 0. The van der Waals surface area contributed by atoms with E-state index in [-0.39, 0.29) is 11.9 Å². The van der Waals surface area contributed by atoms with Crippen molar-refractivity contribution in [2.75, 3.05) is 18.0 Å². The number of nitrogens with zero attached hydrogens (tertiary/aromatic N) is 4. The summed E-state index contributed by atoms with van der Waals surface area (Å²) in [4.78, 5) is 10.3. The molecule has 1 unspecified atom stereocenters. The van der Waals surface area contributed by atoms with Crippen molar-refractivity contribution in [1.29, 1.82) is 0 Å². The summed E-state index contributed by atoms with van der Waals surface area (Å²) in [5.41, 5.74) is 6.40. The average Bonchev–Trinajstić information content (AvgIpc) is 2.98. The van der Waals surface area contributed by atoms with Crippen LogP contribution in [0, 0.1) is 5.82 Å². The fraction of sp³-hybridized carbons (Fsp3) is 0.364. The highest BCUT2D eigenvalue weighted by molar-refractivity contribution is 5.51. The lowest BCUT2D eigenvalue weighted by molar-refractivity contribution is 0.621. The van der Waals surface area contributed by atoms with E-state index in [2.05, 4.69) is 20.2 Å². The minimum atomic E-state index is -0.371. The first-order chi connectivity index (χ1) is 8.72. The third kappa shape index (κ3) is 2.04. The van der Waals surface area contributed by atoms with E-state index in [1.807, 2.05) is 4.90 Å². The molecule has 3 N–H and O–H groups in total. The lowest BCUT2D eigenvalue weighted by Gasteiger charge is -2.11. The van der Waals surface area contributed by atoms with Crippen molar-refractivity contribution >= 4 is 5.95 Å². The molecule has 3 heterocycles. The van der Waals surface area contributed by atoms with Crippen LogP contribution in [-0.2, 0) is 0 Å². The molecule has 7 heteroatoms. The number of pyridine rings is 1. The predicted molar refractivity (Wildman–Crippen MR) is 64.4 cm³/mol. The van der Waals surface area contributed by atoms with E-state index in [1.165, 1.54) is 6.07 Å². The van der Waals surface area contributed by atoms with Crippen LogP contribution in [0.15, 0.2) is 18.3 Å². The van der Waals surface area contributed by atoms with Gasteiger partial charge in [0.25, 0.3) is 0 Å². The Morgan fingerprint density at radius 2 is 2.33 bits per heavy atom. The third-order valence-corrected chi connectivity index (χ3v) is 2.95. The third-order valence-electron chi connectivity index (χ3n) is 2.95. The molecule has 0 aliphatic carbocycles. The number of anilines is 1. The maximum absolute atomic E-state index is 12.8. The first-order valence-electron chi connectivity index (χ1n) is 5.77. The Kier molecular flexibility index (Phi) is 2.67. The van der Waals surface area contributed by atoms with Crippen LogP contribution in [0.5, 0.6) is 0 Å².